The molecule has 0 amide bonds. The van der Waals surface area contributed by atoms with Gasteiger partial charge in [0.15, 0.2) is 5.82 Å². The average molecular weight is 281 g/mol. The lowest BCUT2D eigenvalue weighted by Gasteiger charge is -2.09. The molecule has 0 radical (unpaired) electrons. The van der Waals surface area contributed by atoms with Crippen molar-refractivity contribution in [2.75, 3.05) is 20.0 Å². The predicted octanol–water partition coefficient (Wildman–Crippen LogP) is 2.90. The van der Waals surface area contributed by atoms with E-state index in [-0.39, 0.29) is 0 Å². The summed E-state index contributed by atoms with van der Waals surface area (Å²) >= 11 is 0. The van der Waals surface area contributed by atoms with Gasteiger partial charge in [-0.2, -0.15) is 0 Å². The molecule has 2 N–H and O–H groups in total. The highest BCUT2D eigenvalue weighted by molar-refractivity contribution is 6.00. The fraction of sp³-hybridized carbons (Fsp3) is 0.125. The number of fused-ring (bicyclic) bond motifs is 1. The molecule has 3 rings (SSSR count). The summed E-state index contributed by atoms with van der Waals surface area (Å²) in [5, 5.41) is 10.0. The molecule has 106 valence electrons. The highest BCUT2D eigenvalue weighted by Gasteiger charge is 2.10. The Bertz CT molecular complexity index is 785. The molecule has 0 aliphatic carbocycles. The Morgan fingerprint density at radius 1 is 0.810 bits per heavy atom. The minimum absolute atomic E-state index is 0.390. The van der Waals surface area contributed by atoms with E-state index in [0.29, 0.717) is 5.82 Å². The normalized spacial score (nSPS) is 10.6. The van der Waals surface area contributed by atoms with E-state index in [2.05, 4.69) is 10.2 Å². The van der Waals surface area contributed by atoms with Crippen molar-refractivity contribution in [2.45, 2.75) is 0 Å². The topological polar surface area (TPSA) is 70.3 Å². The lowest BCUT2D eigenvalue weighted by atomic mass is 10.0. The maximum atomic E-state index is 5.92. The second-order valence-electron chi connectivity index (χ2n) is 4.57. The molecule has 5 heteroatoms. The molecule has 2 aromatic carbocycles. The Morgan fingerprint density at radius 2 is 1.48 bits per heavy atom. The summed E-state index contributed by atoms with van der Waals surface area (Å²) in [6.07, 6.45) is 0. The summed E-state index contributed by atoms with van der Waals surface area (Å²) in [7, 11) is 3.26. The minimum Gasteiger partial charge on any atom is -0.497 e. The van der Waals surface area contributed by atoms with Gasteiger partial charge in [-0.1, -0.05) is 0 Å². The van der Waals surface area contributed by atoms with Crippen LogP contribution in [0.4, 0.5) is 5.82 Å². The maximum absolute atomic E-state index is 5.92. The van der Waals surface area contributed by atoms with Crippen LogP contribution in [0.15, 0.2) is 42.5 Å². The van der Waals surface area contributed by atoms with Crippen molar-refractivity contribution in [3.05, 3.63) is 42.5 Å². The van der Waals surface area contributed by atoms with Crippen molar-refractivity contribution in [1.29, 1.82) is 0 Å². The van der Waals surface area contributed by atoms with Gasteiger partial charge in [0.25, 0.3) is 0 Å². The average Bonchev–Trinajstić information content (AvgIpc) is 2.55. The zero-order valence-corrected chi connectivity index (χ0v) is 11.8. The van der Waals surface area contributed by atoms with Gasteiger partial charge >= 0.3 is 0 Å². The fourth-order valence-corrected chi connectivity index (χ4v) is 2.24. The number of ether oxygens (including phenoxy) is 2. The van der Waals surface area contributed by atoms with Crippen LogP contribution in [0.5, 0.6) is 11.5 Å². The van der Waals surface area contributed by atoms with E-state index >= 15 is 0 Å². The van der Waals surface area contributed by atoms with Gasteiger partial charge in [-0.05, 0) is 42.5 Å². The highest BCUT2D eigenvalue weighted by atomic mass is 16.5. The van der Waals surface area contributed by atoms with Gasteiger partial charge in [0, 0.05) is 16.3 Å². The Labute approximate surface area is 122 Å². The molecule has 0 bridgehead atoms. The van der Waals surface area contributed by atoms with Gasteiger partial charge in [0.2, 0.25) is 0 Å². The number of rotatable bonds is 3. The van der Waals surface area contributed by atoms with Crippen LogP contribution in [0.1, 0.15) is 0 Å². The number of nitrogens with two attached hydrogens (primary N) is 1. The van der Waals surface area contributed by atoms with Crippen LogP contribution < -0.4 is 15.2 Å². The van der Waals surface area contributed by atoms with Crippen LogP contribution >= 0.6 is 0 Å². The van der Waals surface area contributed by atoms with Gasteiger partial charge in [-0.3, -0.25) is 0 Å². The largest absolute Gasteiger partial charge is 0.497 e. The molecule has 0 aliphatic heterocycles. The summed E-state index contributed by atoms with van der Waals surface area (Å²) in [5.41, 5.74) is 7.66. The number of nitrogens with zero attached hydrogens (tertiary/aromatic N) is 2. The number of methoxy groups -OCH3 is 2. The zero-order chi connectivity index (χ0) is 14.8. The molecule has 1 aromatic heterocycles. The van der Waals surface area contributed by atoms with Crippen LogP contribution in [0.25, 0.3) is 22.0 Å². The van der Waals surface area contributed by atoms with Crippen molar-refractivity contribution >= 4 is 16.6 Å². The molecule has 0 atom stereocenters. The molecule has 1 heterocycles. The lowest BCUT2D eigenvalue weighted by Crippen LogP contribution is -1.98. The first-order chi connectivity index (χ1) is 10.2. The number of hydrogen-bond donors (Lipinski definition) is 1. The minimum atomic E-state index is 0.390. The molecule has 0 saturated carbocycles. The van der Waals surface area contributed by atoms with Crippen molar-refractivity contribution in [2.24, 2.45) is 0 Å². The van der Waals surface area contributed by atoms with E-state index in [1.165, 1.54) is 0 Å². The van der Waals surface area contributed by atoms with Crippen LogP contribution in [0, 0.1) is 0 Å². The van der Waals surface area contributed by atoms with Crippen LogP contribution in [0.3, 0.4) is 0 Å². The van der Waals surface area contributed by atoms with Gasteiger partial charge in [0.05, 0.1) is 14.2 Å². The Kier molecular flexibility index (Phi) is 3.31. The lowest BCUT2D eigenvalue weighted by molar-refractivity contribution is 0.415. The van der Waals surface area contributed by atoms with Gasteiger partial charge < -0.3 is 15.2 Å². The quantitative estimate of drug-likeness (QED) is 0.799. The molecule has 5 nitrogen and oxygen atoms in total. The molecular formula is C16H15N3O2. The zero-order valence-electron chi connectivity index (χ0n) is 11.8. The van der Waals surface area contributed by atoms with E-state index in [0.717, 1.165) is 33.5 Å². The maximum Gasteiger partial charge on any atom is 0.154 e. The summed E-state index contributed by atoms with van der Waals surface area (Å²) in [6, 6.07) is 13.4. The molecule has 0 unspecified atom stereocenters. The highest BCUT2D eigenvalue weighted by Crippen LogP contribution is 2.31. The number of nitrogen functional groups attached to an aromatic ring is 1. The summed E-state index contributed by atoms with van der Waals surface area (Å²) in [6.45, 7) is 0. The molecule has 0 aliphatic rings. The fourth-order valence-electron chi connectivity index (χ4n) is 2.24. The van der Waals surface area contributed by atoms with E-state index in [1.54, 1.807) is 14.2 Å². The summed E-state index contributed by atoms with van der Waals surface area (Å²) in [4.78, 5) is 0. The molecule has 3 aromatic rings. The van der Waals surface area contributed by atoms with Crippen LogP contribution in [-0.4, -0.2) is 24.4 Å². The van der Waals surface area contributed by atoms with Crippen LogP contribution in [-0.2, 0) is 0 Å². The third kappa shape index (κ3) is 2.33. The van der Waals surface area contributed by atoms with Crippen molar-refractivity contribution < 1.29 is 9.47 Å². The third-order valence-electron chi connectivity index (χ3n) is 3.38. The first kappa shape index (κ1) is 13.2. The predicted molar refractivity (Wildman–Crippen MR) is 82.5 cm³/mol. The Hall–Kier alpha value is -2.82. The van der Waals surface area contributed by atoms with Gasteiger partial charge in [-0.25, -0.2) is 0 Å². The second kappa shape index (κ2) is 5.28. The van der Waals surface area contributed by atoms with E-state index < -0.39 is 0 Å². The standard InChI is InChI=1S/C16H15N3O2/c1-20-11-5-3-10(4-6-11)15-13-8-7-12(21-2)9-14(13)16(17)19-18-15/h3-9H,1-2H3,(H2,17,19). The molecule has 0 spiro atoms. The van der Waals surface area contributed by atoms with E-state index in [4.69, 9.17) is 15.2 Å². The van der Waals surface area contributed by atoms with E-state index in [1.807, 2.05) is 42.5 Å². The van der Waals surface area contributed by atoms with Gasteiger partial charge in [-0.15, -0.1) is 10.2 Å². The number of benzene rings is 2. The molecule has 21 heavy (non-hydrogen) atoms. The SMILES string of the molecule is COc1ccc(-c2nnc(N)c3cc(OC)ccc23)cc1. The second-order valence-corrected chi connectivity index (χ2v) is 4.57. The van der Waals surface area contributed by atoms with Crippen molar-refractivity contribution in [1.82, 2.24) is 10.2 Å². The first-order valence-electron chi connectivity index (χ1n) is 6.47. The molecular weight excluding hydrogens is 266 g/mol. The third-order valence-corrected chi connectivity index (χ3v) is 3.38. The Morgan fingerprint density at radius 3 is 2.14 bits per heavy atom. The Balaban J connectivity index is 2.20. The van der Waals surface area contributed by atoms with E-state index in [9.17, 15) is 0 Å². The number of aromatic nitrogens is 2. The monoisotopic (exact) mass is 281 g/mol. The number of anilines is 1. The van der Waals surface area contributed by atoms with Crippen molar-refractivity contribution in [3.63, 3.8) is 0 Å². The summed E-state index contributed by atoms with van der Waals surface area (Å²) < 4.78 is 10.4. The molecule has 0 saturated heterocycles. The summed E-state index contributed by atoms with van der Waals surface area (Å²) in [5.74, 6) is 1.93. The first-order valence-corrected chi connectivity index (χ1v) is 6.47. The number of hydrogen-bond acceptors (Lipinski definition) is 5. The van der Waals surface area contributed by atoms with Crippen LogP contribution in [0.2, 0.25) is 0 Å². The van der Waals surface area contributed by atoms with Crippen molar-refractivity contribution in [3.8, 4) is 22.8 Å². The van der Waals surface area contributed by atoms with Gasteiger partial charge in [0.1, 0.15) is 17.2 Å². The smallest absolute Gasteiger partial charge is 0.154 e. The molecule has 0 fully saturated rings.